The number of nitrogens with zero attached hydrogens (tertiary/aromatic N) is 2. The van der Waals surface area contributed by atoms with Crippen LogP contribution in [-0.2, 0) is 0 Å². The number of carbonyl (C=O) groups is 1. The lowest BCUT2D eigenvalue weighted by molar-refractivity contribution is 0.250. The summed E-state index contributed by atoms with van der Waals surface area (Å²) in [6.07, 6.45) is 5.11. The first-order valence-electron chi connectivity index (χ1n) is 10.9. The Labute approximate surface area is 184 Å². The lowest BCUT2D eigenvalue weighted by atomic mass is 9.96. The number of hydrogen-bond donors (Lipinski definition) is 2. The van der Waals surface area contributed by atoms with Gasteiger partial charge < -0.3 is 10.6 Å². The molecular weight excluding hydrogens is 384 g/mol. The molecule has 0 aliphatic heterocycles. The standard InChI is InChI=1S/C26H30N4O/c1-17(2)20-11-14-24(15-12-20)30-19(4)25(18(3)29-30)21-10-13-23(16-21)28-26(31)27-22-8-6-5-7-9-22/h5-15,17,21,23H,16H2,1-4H3,(H2,27,28,31)/t21-,23+/m0/s1. The Morgan fingerprint density at radius 1 is 1.03 bits per heavy atom. The minimum absolute atomic E-state index is 0.00110. The summed E-state index contributed by atoms with van der Waals surface area (Å²) in [6.45, 7) is 8.60. The van der Waals surface area contributed by atoms with Crippen LogP contribution >= 0.6 is 0 Å². The molecule has 1 aliphatic carbocycles. The number of hydrogen-bond acceptors (Lipinski definition) is 2. The number of benzene rings is 2. The van der Waals surface area contributed by atoms with Crippen LogP contribution in [0.5, 0.6) is 0 Å². The number of carbonyl (C=O) groups excluding carboxylic acids is 1. The summed E-state index contributed by atoms with van der Waals surface area (Å²) in [5.41, 5.74) is 6.63. The molecule has 5 heteroatoms. The molecule has 0 fully saturated rings. The van der Waals surface area contributed by atoms with Crippen LogP contribution < -0.4 is 10.6 Å². The summed E-state index contributed by atoms with van der Waals surface area (Å²) < 4.78 is 2.03. The quantitative estimate of drug-likeness (QED) is 0.515. The van der Waals surface area contributed by atoms with Crippen molar-refractivity contribution in [3.8, 4) is 5.69 Å². The molecule has 2 amide bonds. The fourth-order valence-electron chi connectivity index (χ4n) is 4.32. The number of nitrogens with one attached hydrogen (secondary N) is 2. The van der Waals surface area contributed by atoms with Gasteiger partial charge in [0, 0.05) is 28.9 Å². The SMILES string of the molecule is Cc1nn(-c2ccc(C(C)C)cc2)c(C)c1[C@H]1C=C[C@@H](NC(=O)Nc2ccccc2)C1. The fraction of sp³-hybridized carbons (Fsp3) is 0.308. The summed E-state index contributed by atoms with van der Waals surface area (Å²) >= 11 is 0. The molecule has 1 aliphatic rings. The summed E-state index contributed by atoms with van der Waals surface area (Å²) in [6, 6.07) is 17.9. The van der Waals surface area contributed by atoms with E-state index in [4.69, 9.17) is 5.10 Å². The summed E-state index contributed by atoms with van der Waals surface area (Å²) in [4.78, 5) is 12.3. The predicted molar refractivity (Wildman–Crippen MR) is 126 cm³/mol. The van der Waals surface area contributed by atoms with Crippen molar-refractivity contribution in [2.75, 3.05) is 5.32 Å². The number of anilines is 1. The van der Waals surface area contributed by atoms with Gasteiger partial charge in [0.1, 0.15) is 0 Å². The highest BCUT2D eigenvalue weighted by atomic mass is 16.2. The molecule has 5 nitrogen and oxygen atoms in total. The van der Waals surface area contributed by atoms with Crippen LogP contribution in [0.1, 0.15) is 54.6 Å². The summed E-state index contributed by atoms with van der Waals surface area (Å²) in [5, 5.41) is 10.8. The van der Waals surface area contributed by atoms with Crippen molar-refractivity contribution in [3.63, 3.8) is 0 Å². The average molecular weight is 415 g/mol. The van der Waals surface area contributed by atoms with Crippen LogP contribution in [0.25, 0.3) is 5.69 Å². The molecule has 1 heterocycles. The van der Waals surface area contributed by atoms with E-state index in [2.05, 4.69) is 74.7 Å². The van der Waals surface area contributed by atoms with Gasteiger partial charge in [0.15, 0.2) is 0 Å². The second-order valence-corrected chi connectivity index (χ2v) is 8.54. The molecule has 2 atom stereocenters. The van der Waals surface area contributed by atoms with Crippen LogP contribution in [0, 0.1) is 13.8 Å². The van der Waals surface area contributed by atoms with Gasteiger partial charge in [-0.1, -0.05) is 56.3 Å². The van der Waals surface area contributed by atoms with Crippen molar-refractivity contribution in [2.24, 2.45) is 0 Å². The van der Waals surface area contributed by atoms with Gasteiger partial charge in [-0.05, 0) is 56.0 Å². The highest BCUT2D eigenvalue weighted by Gasteiger charge is 2.27. The summed E-state index contributed by atoms with van der Waals surface area (Å²) in [5.74, 6) is 0.753. The van der Waals surface area contributed by atoms with E-state index in [9.17, 15) is 4.79 Å². The van der Waals surface area contributed by atoms with Crippen molar-refractivity contribution in [1.82, 2.24) is 15.1 Å². The third-order valence-electron chi connectivity index (χ3n) is 5.95. The first-order valence-corrected chi connectivity index (χ1v) is 10.9. The van der Waals surface area contributed by atoms with Gasteiger partial charge in [-0.25, -0.2) is 9.48 Å². The van der Waals surface area contributed by atoms with Crippen LogP contribution in [-0.4, -0.2) is 21.9 Å². The first-order chi connectivity index (χ1) is 14.9. The minimum Gasteiger partial charge on any atom is -0.332 e. The van der Waals surface area contributed by atoms with E-state index in [1.54, 1.807) is 0 Å². The van der Waals surface area contributed by atoms with E-state index in [-0.39, 0.29) is 18.0 Å². The zero-order valence-electron chi connectivity index (χ0n) is 18.6. The van der Waals surface area contributed by atoms with E-state index >= 15 is 0 Å². The van der Waals surface area contributed by atoms with E-state index in [1.807, 2.05) is 35.0 Å². The summed E-state index contributed by atoms with van der Waals surface area (Å²) in [7, 11) is 0. The van der Waals surface area contributed by atoms with Gasteiger partial charge in [-0.2, -0.15) is 5.10 Å². The molecule has 31 heavy (non-hydrogen) atoms. The normalized spacial score (nSPS) is 17.8. The lowest BCUT2D eigenvalue weighted by Crippen LogP contribution is -2.36. The average Bonchev–Trinajstić information content (AvgIpc) is 3.32. The molecule has 0 spiro atoms. The van der Waals surface area contributed by atoms with Crippen LogP contribution in [0.2, 0.25) is 0 Å². The molecule has 160 valence electrons. The third-order valence-corrected chi connectivity index (χ3v) is 5.95. The Morgan fingerprint density at radius 3 is 2.42 bits per heavy atom. The Bertz CT molecular complexity index is 1080. The van der Waals surface area contributed by atoms with Gasteiger partial charge >= 0.3 is 6.03 Å². The fourth-order valence-corrected chi connectivity index (χ4v) is 4.32. The van der Waals surface area contributed by atoms with E-state index in [0.717, 1.165) is 29.2 Å². The zero-order chi connectivity index (χ0) is 22.0. The number of aryl methyl sites for hydroxylation is 1. The zero-order valence-corrected chi connectivity index (χ0v) is 18.6. The molecule has 0 saturated carbocycles. The Hall–Kier alpha value is -3.34. The second-order valence-electron chi connectivity index (χ2n) is 8.54. The number of allylic oxidation sites excluding steroid dienone is 1. The van der Waals surface area contributed by atoms with Crippen molar-refractivity contribution < 1.29 is 4.79 Å². The van der Waals surface area contributed by atoms with E-state index in [1.165, 1.54) is 11.1 Å². The van der Waals surface area contributed by atoms with Crippen LogP contribution in [0.4, 0.5) is 10.5 Å². The molecule has 0 unspecified atom stereocenters. The molecule has 4 rings (SSSR count). The Morgan fingerprint density at radius 2 is 1.74 bits per heavy atom. The monoisotopic (exact) mass is 414 g/mol. The van der Waals surface area contributed by atoms with Crippen LogP contribution in [0.3, 0.4) is 0 Å². The molecule has 0 saturated heterocycles. The van der Waals surface area contributed by atoms with Crippen molar-refractivity contribution in [2.45, 2.75) is 52.0 Å². The maximum absolute atomic E-state index is 12.3. The van der Waals surface area contributed by atoms with Crippen molar-refractivity contribution >= 4 is 11.7 Å². The predicted octanol–water partition coefficient (Wildman–Crippen LogP) is 5.85. The lowest BCUT2D eigenvalue weighted by Gasteiger charge is -2.15. The van der Waals surface area contributed by atoms with E-state index < -0.39 is 0 Å². The molecule has 0 radical (unpaired) electrons. The first kappa shape index (κ1) is 20.9. The largest absolute Gasteiger partial charge is 0.332 e. The number of rotatable bonds is 5. The van der Waals surface area contributed by atoms with Crippen molar-refractivity contribution in [3.05, 3.63) is 89.3 Å². The highest BCUT2D eigenvalue weighted by molar-refractivity contribution is 5.89. The van der Waals surface area contributed by atoms with E-state index in [0.29, 0.717) is 5.92 Å². The highest BCUT2D eigenvalue weighted by Crippen LogP contribution is 2.34. The molecule has 1 aromatic heterocycles. The maximum Gasteiger partial charge on any atom is 0.319 e. The number of amides is 2. The minimum atomic E-state index is -0.184. The number of urea groups is 1. The van der Waals surface area contributed by atoms with Gasteiger partial charge in [-0.15, -0.1) is 0 Å². The maximum atomic E-state index is 12.3. The molecule has 0 bridgehead atoms. The topological polar surface area (TPSA) is 59.0 Å². The van der Waals surface area contributed by atoms with Crippen LogP contribution in [0.15, 0.2) is 66.7 Å². The smallest absolute Gasteiger partial charge is 0.319 e. The Kier molecular flexibility index (Phi) is 5.94. The molecule has 2 N–H and O–H groups in total. The van der Waals surface area contributed by atoms with Crippen molar-refractivity contribution in [1.29, 1.82) is 0 Å². The van der Waals surface area contributed by atoms with Gasteiger partial charge in [0.2, 0.25) is 0 Å². The third kappa shape index (κ3) is 4.55. The molecular formula is C26H30N4O. The second kappa shape index (κ2) is 8.80. The number of para-hydroxylation sites is 1. The van der Waals surface area contributed by atoms with Gasteiger partial charge in [-0.3, -0.25) is 0 Å². The Balaban J connectivity index is 1.45. The molecule has 3 aromatic rings. The van der Waals surface area contributed by atoms with Gasteiger partial charge in [0.25, 0.3) is 0 Å². The number of aromatic nitrogens is 2. The van der Waals surface area contributed by atoms with Gasteiger partial charge in [0.05, 0.1) is 11.4 Å². The molecule has 2 aromatic carbocycles.